The molecule has 3 aromatic heterocycles. The first-order valence-corrected chi connectivity index (χ1v) is 12.9. The van der Waals surface area contributed by atoms with E-state index in [-0.39, 0.29) is 20.4 Å². The molecule has 0 radical (unpaired) electrons. The topological polar surface area (TPSA) is 106 Å². The molecule has 0 fully saturated rings. The maximum absolute atomic E-state index is 4.95. The molecule has 4 aromatic carbocycles. The molecule has 2 aliphatic heterocycles. The molecule has 0 atom stereocenters. The Morgan fingerprint density at radius 2 is 0.585 bits per heavy atom. The summed E-state index contributed by atoms with van der Waals surface area (Å²) in [6, 6.07) is 31.8. The van der Waals surface area contributed by atoms with Gasteiger partial charge >= 0.3 is 20.4 Å². The molecule has 0 amide bonds. The molecule has 9 heteroatoms. The second-order valence-corrected chi connectivity index (χ2v) is 9.67. The third-order valence-corrected chi connectivity index (χ3v) is 7.33. The summed E-state index contributed by atoms with van der Waals surface area (Å²) >= 11 is 0. The van der Waals surface area contributed by atoms with Gasteiger partial charge in [-0.05, 0) is 21.5 Å². The van der Waals surface area contributed by atoms with Gasteiger partial charge in [0.15, 0.2) is 11.6 Å². The van der Waals surface area contributed by atoms with Crippen LogP contribution < -0.4 is 9.97 Å². The molecule has 2 aliphatic rings. The van der Waals surface area contributed by atoms with Crippen LogP contribution in [-0.4, -0.2) is 29.9 Å². The molecular formula is C32H16N8Pd. The molecule has 7 aromatic rings. The number of fused-ring (bicyclic) bond motifs is 20. The molecule has 8 bridgehead atoms. The van der Waals surface area contributed by atoms with Crippen molar-refractivity contribution in [1.29, 1.82) is 0 Å². The molecule has 8 nitrogen and oxygen atoms in total. The summed E-state index contributed by atoms with van der Waals surface area (Å²) in [5, 5.41) is 3.57. The summed E-state index contributed by atoms with van der Waals surface area (Å²) in [7, 11) is 0. The molecule has 0 aliphatic carbocycles. The standard InChI is InChI=1S/C32H16N8.Pd/c1-2-10-18-17(9-1)25-33-26(18)38-28-21-13-5-6-14-22(21)30(35-28)40-32-24-16-8-7-15-23(24)31(36-32)39-29-20-12-4-3-11-19(20)27(34-29)37-25;/h1-16H;/q-2;+2. The van der Waals surface area contributed by atoms with Crippen molar-refractivity contribution in [1.82, 2.24) is 39.9 Å². The molecule has 194 valence electrons. The number of hydrogen-bond acceptors (Lipinski definition) is 6. The zero-order valence-electron chi connectivity index (χ0n) is 21.1. The Kier molecular flexibility index (Phi) is 5.19. The average molecular weight is 619 g/mol. The Morgan fingerprint density at radius 1 is 0.317 bits per heavy atom. The quantitative estimate of drug-likeness (QED) is 0.187. The van der Waals surface area contributed by atoms with Gasteiger partial charge in [0.05, 0.1) is 11.6 Å². The number of rotatable bonds is 0. The maximum Gasteiger partial charge on any atom is 2.00 e. The van der Waals surface area contributed by atoms with Crippen molar-refractivity contribution in [3.63, 3.8) is 0 Å². The van der Waals surface area contributed by atoms with E-state index in [2.05, 4.69) is 0 Å². The fourth-order valence-electron chi connectivity index (χ4n) is 5.46. The summed E-state index contributed by atoms with van der Waals surface area (Å²) < 4.78 is 0. The normalized spacial score (nSPS) is 11.7. The van der Waals surface area contributed by atoms with Gasteiger partial charge in [0, 0.05) is 44.8 Å². The van der Waals surface area contributed by atoms with Gasteiger partial charge in [-0.2, -0.15) is 0 Å². The van der Waals surface area contributed by atoms with E-state index in [1.807, 2.05) is 97.1 Å². The average Bonchev–Trinajstić information content (AvgIpc) is 3.73. The van der Waals surface area contributed by atoms with E-state index in [1.165, 1.54) is 0 Å². The van der Waals surface area contributed by atoms with Crippen LogP contribution in [0.4, 0.5) is 0 Å². The number of nitrogens with zero attached hydrogens (tertiary/aromatic N) is 8. The van der Waals surface area contributed by atoms with Crippen LogP contribution in [-0.2, 0) is 20.4 Å². The van der Waals surface area contributed by atoms with Crippen LogP contribution in [0.15, 0.2) is 97.1 Å². The van der Waals surface area contributed by atoms with E-state index < -0.39 is 0 Å². The first kappa shape index (κ1) is 23.8. The van der Waals surface area contributed by atoms with Crippen molar-refractivity contribution in [2.75, 3.05) is 0 Å². The first-order valence-electron chi connectivity index (χ1n) is 12.9. The Hall–Kier alpha value is -5.10. The van der Waals surface area contributed by atoms with Gasteiger partial charge in [-0.1, -0.05) is 97.1 Å². The van der Waals surface area contributed by atoms with E-state index in [9.17, 15) is 0 Å². The minimum absolute atomic E-state index is 0. The maximum atomic E-state index is 4.95. The minimum atomic E-state index is 0. The number of hydrogen-bond donors (Lipinski definition) is 0. The fraction of sp³-hybridized carbons (Fsp3) is 0. The minimum Gasteiger partial charge on any atom is -0.357 e. The molecule has 5 heterocycles. The molecule has 41 heavy (non-hydrogen) atoms. The molecule has 0 saturated heterocycles. The fourth-order valence-corrected chi connectivity index (χ4v) is 5.46. The van der Waals surface area contributed by atoms with Crippen molar-refractivity contribution >= 4 is 44.1 Å². The number of benzene rings is 4. The van der Waals surface area contributed by atoms with Gasteiger partial charge in [0.2, 0.25) is 0 Å². The number of aromatic nitrogens is 8. The summed E-state index contributed by atoms with van der Waals surface area (Å²) in [6.07, 6.45) is 0. The van der Waals surface area contributed by atoms with Crippen molar-refractivity contribution in [3.05, 3.63) is 97.1 Å². The van der Waals surface area contributed by atoms with Crippen LogP contribution in [0.1, 0.15) is 0 Å². The molecule has 9 rings (SSSR count). The zero-order chi connectivity index (χ0) is 26.2. The Bertz CT molecular complexity index is 2190. The van der Waals surface area contributed by atoms with Crippen LogP contribution in [0.3, 0.4) is 0 Å². The van der Waals surface area contributed by atoms with Crippen LogP contribution >= 0.6 is 0 Å². The SMILES string of the molecule is [Pd+2].c1ccc2c(c1)-c1nc3nc(nc4[n-]c(nc5[n-]c(nc-2n1)c1ccccc51)c1ccccc41)-c1ccccc1-3. The molecular weight excluding hydrogens is 603 g/mol. The Morgan fingerprint density at radius 3 is 0.927 bits per heavy atom. The van der Waals surface area contributed by atoms with Crippen LogP contribution in [0.25, 0.3) is 89.7 Å². The second-order valence-electron chi connectivity index (χ2n) is 9.67. The van der Waals surface area contributed by atoms with Crippen LogP contribution in [0, 0.1) is 0 Å². The summed E-state index contributed by atoms with van der Waals surface area (Å²) in [5.74, 6) is 2.21. The van der Waals surface area contributed by atoms with Gasteiger partial charge in [0.25, 0.3) is 0 Å². The van der Waals surface area contributed by atoms with Gasteiger partial charge in [-0.15, -0.1) is 0 Å². The van der Waals surface area contributed by atoms with Crippen molar-refractivity contribution in [2.45, 2.75) is 0 Å². The largest absolute Gasteiger partial charge is 2.00 e. The van der Waals surface area contributed by atoms with Gasteiger partial charge in [-0.3, -0.25) is 0 Å². The second kappa shape index (κ2) is 8.96. The van der Waals surface area contributed by atoms with E-state index in [0.717, 1.165) is 43.8 Å². The molecule has 0 N–H and O–H groups in total. The van der Waals surface area contributed by atoms with E-state index in [4.69, 9.17) is 39.9 Å². The third-order valence-electron chi connectivity index (χ3n) is 7.33. The zero-order valence-corrected chi connectivity index (χ0v) is 22.7. The van der Waals surface area contributed by atoms with Gasteiger partial charge < -0.3 is 24.9 Å². The first-order chi connectivity index (χ1) is 19.8. The van der Waals surface area contributed by atoms with Gasteiger partial charge in [-0.25, -0.2) is 15.0 Å². The summed E-state index contributed by atoms with van der Waals surface area (Å²) in [6.45, 7) is 0. The van der Waals surface area contributed by atoms with Crippen LogP contribution in [0.2, 0.25) is 0 Å². The third kappa shape index (κ3) is 3.57. The molecule has 0 unspecified atom stereocenters. The monoisotopic (exact) mass is 618 g/mol. The van der Waals surface area contributed by atoms with Crippen molar-refractivity contribution < 1.29 is 20.4 Å². The van der Waals surface area contributed by atoms with Crippen molar-refractivity contribution in [3.8, 4) is 45.6 Å². The van der Waals surface area contributed by atoms with E-state index in [0.29, 0.717) is 45.9 Å². The molecule has 0 saturated carbocycles. The van der Waals surface area contributed by atoms with Crippen molar-refractivity contribution in [2.24, 2.45) is 0 Å². The summed E-state index contributed by atoms with van der Waals surface area (Å²) in [4.78, 5) is 39.3. The van der Waals surface area contributed by atoms with E-state index >= 15 is 0 Å². The Balaban J connectivity index is 0.00000256. The smallest absolute Gasteiger partial charge is 0.357 e. The predicted octanol–water partition coefficient (Wildman–Crippen LogP) is 6.12. The Labute approximate surface area is 246 Å². The van der Waals surface area contributed by atoms with E-state index in [1.54, 1.807) is 0 Å². The summed E-state index contributed by atoms with van der Waals surface area (Å²) in [5.41, 5.74) is 5.78. The predicted molar refractivity (Wildman–Crippen MR) is 154 cm³/mol. The molecule has 0 spiro atoms. The van der Waals surface area contributed by atoms with Crippen LogP contribution in [0.5, 0.6) is 0 Å². The van der Waals surface area contributed by atoms with Gasteiger partial charge in [0.1, 0.15) is 0 Å².